The summed E-state index contributed by atoms with van der Waals surface area (Å²) in [4.78, 5) is 44.0. The highest BCUT2D eigenvalue weighted by Gasteiger charge is 2.45. The lowest BCUT2D eigenvalue weighted by atomic mass is 9.71. The third kappa shape index (κ3) is 5.48. The minimum absolute atomic E-state index is 0. The van der Waals surface area contributed by atoms with Crippen LogP contribution in [0.5, 0.6) is 0 Å². The van der Waals surface area contributed by atoms with Crippen LogP contribution in [-0.4, -0.2) is 56.4 Å². The van der Waals surface area contributed by atoms with Gasteiger partial charge in [0.15, 0.2) is 11.5 Å². The highest BCUT2D eigenvalue weighted by Crippen LogP contribution is 2.42. The molecule has 8 rings (SSSR count). The van der Waals surface area contributed by atoms with E-state index in [-0.39, 0.29) is 18.3 Å². The van der Waals surface area contributed by atoms with E-state index in [1.807, 2.05) is 49.4 Å². The molecule has 2 aliphatic rings. The van der Waals surface area contributed by atoms with E-state index in [1.54, 1.807) is 6.20 Å². The van der Waals surface area contributed by atoms with Crippen LogP contribution in [0, 0.1) is 5.41 Å². The predicted molar refractivity (Wildman–Crippen MR) is 196 cm³/mol. The number of benzene rings is 2. The summed E-state index contributed by atoms with van der Waals surface area (Å²) in [5.74, 6) is 1.93. The maximum absolute atomic E-state index is 12.3. The number of hydrogen-bond acceptors (Lipinski definition) is 9. The number of anilines is 2. The van der Waals surface area contributed by atoms with Crippen molar-refractivity contribution in [3.8, 4) is 28.3 Å². The molecule has 10 heteroatoms. The number of imidazole rings is 1. The lowest BCUT2D eigenvalue weighted by Crippen LogP contribution is -2.60. The Hall–Kier alpha value is -4.80. The maximum Gasteiger partial charge on any atom is 0.251 e. The monoisotopic (exact) mass is 657 g/mol. The molecule has 9 nitrogen and oxygen atoms in total. The standard InChI is InChI=1S/C37H35N7O2S.CH4/c1-2-47-33-30(31(45)32(33)46)43-19-16-37(17-20-43)22-42(23-37)21-24-10-12-26(13-11-24)44-35(27-9-6-18-39-34(27)38)41-29-15-14-28(40-36(29)44)25-7-4-3-5-8-25;/h3-15,18H,2,16-17,19-23H2,1H3,(H2,38,39);1H4. The summed E-state index contributed by atoms with van der Waals surface area (Å²) in [6, 6.07) is 26.6. The summed E-state index contributed by atoms with van der Waals surface area (Å²) in [6.07, 6.45) is 3.78. The summed E-state index contributed by atoms with van der Waals surface area (Å²) < 4.78 is 2.08. The number of thioether (sulfide) groups is 1. The number of fused-ring (bicyclic) bond motifs is 1. The fraction of sp³-hybridized carbons (Fsp3) is 0.289. The Morgan fingerprint density at radius 2 is 1.62 bits per heavy atom. The molecular weight excluding hydrogens is 619 g/mol. The van der Waals surface area contributed by atoms with Crippen LogP contribution < -0.4 is 21.5 Å². The van der Waals surface area contributed by atoms with Crippen LogP contribution >= 0.6 is 11.8 Å². The van der Waals surface area contributed by atoms with Gasteiger partial charge in [-0.3, -0.25) is 19.1 Å². The zero-order chi connectivity index (χ0) is 32.1. The zero-order valence-corrected chi connectivity index (χ0v) is 27.0. The van der Waals surface area contributed by atoms with Gasteiger partial charge in [0.1, 0.15) is 17.0 Å². The smallest absolute Gasteiger partial charge is 0.251 e. The van der Waals surface area contributed by atoms with Crippen LogP contribution in [0.3, 0.4) is 0 Å². The van der Waals surface area contributed by atoms with Crippen molar-refractivity contribution in [2.45, 2.75) is 38.6 Å². The fourth-order valence-electron chi connectivity index (χ4n) is 7.23. The second-order valence-corrected chi connectivity index (χ2v) is 14.0. The number of rotatable bonds is 8. The minimum atomic E-state index is -0.306. The van der Waals surface area contributed by atoms with Gasteiger partial charge in [0.05, 0.1) is 16.2 Å². The number of aromatic nitrogens is 4. The summed E-state index contributed by atoms with van der Waals surface area (Å²) in [5.41, 5.74) is 13.1. The third-order valence-corrected chi connectivity index (χ3v) is 10.6. The number of hydrogen-bond donors (Lipinski definition) is 1. The molecular formula is C38H39N7O2S. The largest absolute Gasteiger partial charge is 0.383 e. The van der Waals surface area contributed by atoms with Crippen LogP contribution in [0.15, 0.2) is 99.5 Å². The molecule has 2 aliphatic heterocycles. The van der Waals surface area contributed by atoms with Gasteiger partial charge < -0.3 is 10.6 Å². The predicted octanol–water partition coefficient (Wildman–Crippen LogP) is 6.18. The van der Waals surface area contributed by atoms with Crippen molar-refractivity contribution in [1.29, 1.82) is 0 Å². The summed E-state index contributed by atoms with van der Waals surface area (Å²) in [7, 11) is 0. The quantitative estimate of drug-likeness (QED) is 0.152. The lowest BCUT2D eigenvalue weighted by Gasteiger charge is -2.54. The number of nitrogens with two attached hydrogens (primary N) is 1. The first-order valence-electron chi connectivity index (χ1n) is 16.1. The normalized spacial score (nSPS) is 15.9. The van der Waals surface area contributed by atoms with Crippen molar-refractivity contribution < 1.29 is 0 Å². The molecule has 0 amide bonds. The highest BCUT2D eigenvalue weighted by molar-refractivity contribution is 7.99. The Labute approximate surface area is 284 Å². The number of likely N-dealkylation sites (tertiary alicyclic amines) is 1. The molecule has 3 aromatic heterocycles. The summed E-state index contributed by atoms with van der Waals surface area (Å²) in [6.45, 7) is 6.68. The molecule has 0 unspecified atom stereocenters. The van der Waals surface area contributed by atoms with E-state index in [9.17, 15) is 9.59 Å². The molecule has 1 spiro atoms. The van der Waals surface area contributed by atoms with Gasteiger partial charge in [0, 0.05) is 50.2 Å². The minimum Gasteiger partial charge on any atom is -0.383 e. The Morgan fingerprint density at radius 3 is 2.33 bits per heavy atom. The molecule has 0 saturated carbocycles. The summed E-state index contributed by atoms with van der Waals surface area (Å²) in [5, 5.41) is 0. The van der Waals surface area contributed by atoms with E-state index in [2.05, 4.69) is 55.7 Å². The third-order valence-electron chi connectivity index (χ3n) is 9.64. The van der Waals surface area contributed by atoms with Gasteiger partial charge in [0.2, 0.25) is 5.43 Å². The Balaban J connectivity index is 0.00000364. The molecule has 244 valence electrons. The van der Waals surface area contributed by atoms with E-state index in [1.165, 1.54) is 17.3 Å². The number of nitrogens with zero attached hydrogens (tertiary/aromatic N) is 6. The first-order valence-corrected chi connectivity index (χ1v) is 17.1. The van der Waals surface area contributed by atoms with Crippen LogP contribution in [0.2, 0.25) is 0 Å². The first-order chi connectivity index (χ1) is 22.9. The van der Waals surface area contributed by atoms with Gasteiger partial charge in [-0.1, -0.05) is 56.8 Å². The molecule has 5 heterocycles. The van der Waals surface area contributed by atoms with Gasteiger partial charge in [-0.15, -0.1) is 11.8 Å². The van der Waals surface area contributed by atoms with E-state index in [0.717, 1.165) is 85.0 Å². The van der Waals surface area contributed by atoms with Crippen LogP contribution in [0.1, 0.15) is 32.8 Å². The second kappa shape index (κ2) is 12.7. The topological polar surface area (TPSA) is 110 Å². The SMILES string of the molecule is C.CCSc1c(N2CCC3(CC2)CN(Cc2ccc(-n4c(-c5cccnc5N)nc5ccc(-c6ccccc6)nc54)cc2)C3)c(=O)c1=O. The van der Waals surface area contributed by atoms with E-state index >= 15 is 0 Å². The number of piperidine rings is 1. The maximum atomic E-state index is 12.3. The second-order valence-electron chi connectivity index (χ2n) is 12.7. The zero-order valence-electron chi connectivity index (χ0n) is 26.2. The molecule has 0 atom stereocenters. The highest BCUT2D eigenvalue weighted by atomic mass is 32.2. The van der Waals surface area contributed by atoms with Crippen molar-refractivity contribution in [2.75, 3.05) is 42.6 Å². The van der Waals surface area contributed by atoms with E-state index in [4.69, 9.17) is 15.7 Å². The summed E-state index contributed by atoms with van der Waals surface area (Å²) >= 11 is 1.50. The van der Waals surface area contributed by atoms with Crippen molar-refractivity contribution in [3.05, 3.63) is 111 Å². The van der Waals surface area contributed by atoms with Gasteiger partial charge in [-0.2, -0.15) is 0 Å². The van der Waals surface area contributed by atoms with Gasteiger partial charge in [-0.05, 0) is 66.0 Å². The van der Waals surface area contributed by atoms with Gasteiger partial charge in [0.25, 0.3) is 5.43 Å². The van der Waals surface area contributed by atoms with Crippen molar-refractivity contribution in [2.24, 2.45) is 5.41 Å². The van der Waals surface area contributed by atoms with Gasteiger partial charge in [-0.25, -0.2) is 15.0 Å². The van der Waals surface area contributed by atoms with E-state index < -0.39 is 0 Å². The van der Waals surface area contributed by atoms with Gasteiger partial charge >= 0.3 is 0 Å². The van der Waals surface area contributed by atoms with Crippen LogP contribution in [-0.2, 0) is 6.54 Å². The Bertz CT molecular complexity index is 2150. The first kappa shape index (κ1) is 31.8. The molecule has 0 bridgehead atoms. The number of nitrogen functional groups attached to an aromatic ring is 1. The average molecular weight is 658 g/mol. The fourth-order valence-corrected chi connectivity index (χ4v) is 8.10. The molecule has 0 aliphatic carbocycles. The molecule has 6 aromatic rings. The van der Waals surface area contributed by atoms with Crippen LogP contribution in [0.4, 0.5) is 11.5 Å². The lowest BCUT2D eigenvalue weighted by molar-refractivity contribution is -0.0241. The molecule has 2 fully saturated rings. The Kier molecular flexibility index (Phi) is 8.39. The molecule has 0 radical (unpaired) electrons. The van der Waals surface area contributed by atoms with Crippen molar-refractivity contribution in [1.82, 2.24) is 24.4 Å². The molecule has 3 aromatic carbocycles. The molecule has 2 N–H and O–H groups in total. The average Bonchev–Trinajstić information content (AvgIpc) is 3.47. The van der Waals surface area contributed by atoms with Crippen molar-refractivity contribution in [3.63, 3.8) is 0 Å². The van der Waals surface area contributed by atoms with E-state index in [0.29, 0.717) is 27.6 Å². The molecule has 48 heavy (non-hydrogen) atoms. The van der Waals surface area contributed by atoms with Crippen LogP contribution in [0.25, 0.3) is 39.5 Å². The Morgan fingerprint density at radius 1 is 0.875 bits per heavy atom. The number of pyridine rings is 2. The van der Waals surface area contributed by atoms with Crippen molar-refractivity contribution >= 4 is 34.4 Å². The molecule has 2 saturated heterocycles.